The molecule has 0 aromatic heterocycles. The third-order valence-electron chi connectivity index (χ3n) is 3.05. The number of carbonyl (C=O) groups is 1. The van der Waals surface area contributed by atoms with Crippen LogP contribution in [0.3, 0.4) is 0 Å². The van der Waals surface area contributed by atoms with Crippen LogP contribution in [0.2, 0.25) is 0 Å². The summed E-state index contributed by atoms with van der Waals surface area (Å²) in [6, 6.07) is 0.462. The van der Waals surface area contributed by atoms with Gasteiger partial charge in [0.15, 0.2) is 0 Å². The zero-order valence-corrected chi connectivity index (χ0v) is 9.78. The Morgan fingerprint density at radius 1 is 1.60 bits per heavy atom. The zero-order chi connectivity index (χ0) is 11.4. The standard InChI is InChI=1S/C12H22N2O/c1-4-7-14(9(2)3)12(15)10-5-6-11(13)8-10/h4,9-11H,1,5-8,13H2,2-3H3. The number of hydrogen-bond acceptors (Lipinski definition) is 2. The lowest BCUT2D eigenvalue weighted by atomic mass is 10.1. The van der Waals surface area contributed by atoms with Gasteiger partial charge in [0.1, 0.15) is 0 Å². The topological polar surface area (TPSA) is 46.3 Å². The van der Waals surface area contributed by atoms with Gasteiger partial charge in [0.25, 0.3) is 0 Å². The molecule has 2 atom stereocenters. The van der Waals surface area contributed by atoms with Crippen LogP contribution >= 0.6 is 0 Å². The number of nitrogens with zero attached hydrogens (tertiary/aromatic N) is 1. The van der Waals surface area contributed by atoms with Crippen molar-refractivity contribution in [2.45, 2.75) is 45.2 Å². The van der Waals surface area contributed by atoms with Gasteiger partial charge in [-0.25, -0.2) is 0 Å². The molecule has 1 rings (SSSR count). The van der Waals surface area contributed by atoms with Crippen LogP contribution in [0.4, 0.5) is 0 Å². The summed E-state index contributed by atoms with van der Waals surface area (Å²) in [5, 5.41) is 0. The van der Waals surface area contributed by atoms with Gasteiger partial charge >= 0.3 is 0 Å². The largest absolute Gasteiger partial charge is 0.336 e. The highest BCUT2D eigenvalue weighted by molar-refractivity contribution is 5.79. The van der Waals surface area contributed by atoms with E-state index in [0.29, 0.717) is 6.54 Å². The summed E-state index contributed by atoms with van der Waals surface area (Å²) in [5.74, 6) is 0.389. The second-order valence-electron chi connectivity index (χ2n) is 4.64. The monoisotopic (exact) mass is 210 g/mol. The maximum absolute atomic E-state index is 12.1. The van der Waals surface area contributed by atoms with E-state index < -0.39 is 0 Å². The SMILES string of the molecule is C=CCN(C(=O)C1CCC(N)C1)C(C)C. The van der Waals surface area contributed by atoms with E-state index in [-0.39, 0.29) is 23.9 Å². The number of amides is 1. The molecule has 1 aliphatic carbocycles. The molecule has 0 radical (unpaired) electrons. The van der Waals surface area contributed by atoms with Gasteiger partial charge in [-0.3, -0.25) is 4.79 Å². The van der Waals surface area contributed by atoms with E-state index in [1.165, 1.54) is 0 Å². The van der Waals surface area contributed by atoms with Gasteiger partial charge in [0.2, 0.25) is 5.91 Å². The van der Waals surface area contributed by atoms with Gasteiger partial charge in [0, 0.05) is 24.5 Å². The minimum atomic E-state index is 0.141. The fourth-order valence-electron chi connectivity index (χ4n) is 2.17. The van der Waals surface area contributed by atoms with E-state index in [0.717, 1.165) is 19.3 Å². The van der Waals surface area contributed by atoms with Crippen molar-refractivity contribution < 1.29 is 4.79 Å². The van der Waals surface area contributed by atoms with E-state index in [4.69, 9.17) is 5.73 Å². The van der Waals surface area contributed by atoms with E-state index in [9.17, 15) is 4.79 Å². The maximum atomic E-state index is 12.1. The Bertz CT molecular complexity index is 238. The van der Waals surface area contributed by atoms with Gasteiger partial charge in [-0.05, 0) is 33.1 Å². The van der Waals surface area contributed by atoms with Crippen molar-refractivity contribution >= 4 is 5.91 Å². The predicted octanol–water partition coefficient (Wildman–Crippen LogP) is 1.54. The summed E-state index contributed by atoms with van der Waals surface area (Å²) in [6.45, 7) is 8.41. The molecule has 2 unspecified atom stereocenters. The molecular weight excluding hydrogens is 188 g/mol. The lowest BCUT2D eigenvalue weighted by Crippen LogP contribution is -2.40. The Morgan fingerprint density at radius 3 is 2.67 bits per heavy atom. The Labute approximate surface area is 92.3 Å². The zero-order valence-electron chi connectivity index (χ0n) is 9.78. The number of nitrogens with two attached hydrogens (primary N) is 1. The lowest BCUT2D eigenvalue weighted by molar-refractivity contribution is -0.136. The van der Waals surface area contributed by atoms with Crippen LogP contribution in [0.15, 0.2) is 12.7 Å². The number of carbonyl (C=O) groups excluding carboxylic acids is 1. The molecule has 15 heavy (non-hydrogen) atoms. The number of hydrogen-bond donors (Lipinski definition) is 1. The highest BCUT2D eigenvalue weighted by Crippen LogP contribution is 2.26. The van der Waals surface area contributed by atoms with Gasteiger partial charge < -0.3 is 10.6 Å². The van der Waals surface area contributed by atoms with Gasteiger partial charge in [0.05, 0.1) is 0 Å². The third kappa shape index (κ3) is 3.06. The molecule has 1 aliphatic rings. The Morgan fingerprint density at radius 2 is 2.27 bits per heavy atom. The van der Waals surface area contributed by atoms with Crippen molar-refractivity contribution in [3.05, 3.63) is 12.7 Å². The fraction of sp³-hybridized carbons (Fsp3) is 0.750. The summed E-state index contributed by atoms with van der Waals surface area (Å²) in [4.78, 5) is 14.0. The van der Waals surface area contributed by atoms with Crippen molar-refractivity contribution in [1.82, 2.24) is 4.90 Å². The molecule has 1 saturated carbocycles. The summed E-state index contributed by atoms with van der Waals surface area (Å²) >= 11 is 0. The smallest absolute Gasteiger partial charge is 0.226 e. The van der Waals surface area contributed by atoms with E-state index in [2.05, 4.69) is 6.58 Å². The fourth-order valence-corrected chi connectivity index (χ4v) is 2.17. The molecule has 0 heterocycles. The second-order valence-corrected chi connectivity index (χ2v) is 4.64. The Kier molecular flexibility index (Phi) is 4.33. The molecule has 0 aromatic rings. The summed E-state index contributed by atoms with van der Waals surface area (Å²) in [5.41, 5.74) is 5.82. The van der Waals surface area contributed by atoms with Crippen LogP contribution in [-0.4, -0.2) is 29.4 Å². The van der Waals surface area contributed by atoms with Crippen molar-refractivity contribution in [3.63, 3.8) is 0 Å². The third-order valence-corrected chi connectivity index (χ3v) is 3.05. The first-order valence-corrected chi connectivity index (χ1v) is 5.73. The lowest BCUT2D eigenvalue weighted by Gasteiger charge is -2.28. The summed E-state index contributed by atoms with van der Waals surface area (Å²) in [7, 11) is 0. The molecule has 2 N–H and O–H groups in total. The maximum Gasteiger partial charge on any atom is 0.226 e. The first-order chi connectivity index (χ1) is 7.06. The molecule has 1 fully saturated rings. The second kappa shape index (κ2) is 5.31. The highest BCUT2D eigenvalue weighted by Gasteiger charge is 2.31. The van der Waals surface area contributed by atoms with Crippen molar-refractivity contribution in [1.29, 1.82) is 0 Å². The van der Waals surface area contributed by atoms with Crippen LogP contribution in [-0.2, 0) is 4.79 Å². The molecule has 0 saturated heterocycles. The minimum Gasteiger partial charge on any atom is -0.336 e. The molecule has 0 spiro atoms. The molecule has 3 nitrogen and oxygen atoms in total. The van der Waals surface area contributed by atoms with Crippen molar-refractivity contribution in [2.75, 3.05) is 6.54 Å². The van der Waals surface area contributed by atoms with E-state index in [1.807, 2.05) is 18.7 Å². The molecule has 86 valence electrons. The number of rotatable bonds is 4. The van der Waals surface area contributed by atoms with Crippen molar-refractivity contribution in [3.8, 4) is 0 Å². The van der Waals surface area contributed by atoms with Crippen LogP contribution in [0.25, 0.3) is 0 Å². The van der Waals surface area contributed by atoms with Crippen LogP contribution in [0.1, 0.15) is 33.1 Å². The molecule has 3 heteroatoms. The molecule has 1 amide bonds. The predicted molar refractivity (Wildman–Crippen MR) is 62.4 cm³/mol. The van der Waals surface area contributed by atoms with Crippen LogP contribution in [0, 0.1) is 5.92 Å². The van der Waals surface area contributed by atoms with E-state index >= 15 is 0 Å². The first kappa shape index (κ1) is 12.2. The normalized spacial score (nSPS) is 25.6. The van der Waals surface area contributed by atoms with Gasteiger partial charge in [-0.15, -0.1) is 6.58 Å². The van der Waals surface area contributed by atoms with Crippen LogP contribution < -0.4 is 5.73 Å². The first-order valence-electron chi connectivity index (χ1n) is 5.73. The Balaban J connectivity index is 2.59. The molecule has 0 aromatic carbocycles. The van der Waals surface area contributed by atoms with Gasteiger partial charge in [-0.2, -0.15) is 0 Å². The van der Waals surface area contributed by atoms with E-state index in [1.54, 1.807) is 6.08 Å². The average Bonchev–Trinajstić information content (AvgIpc) is 2.59. The van der Waals surface area contributed by atoms with Crippen LogP contribution in [0.5, 0.6) is 0 Å². The average molecular weight is 210 g/mol. The Hall–Kier alpha value is -0.830. The molecule has 0 aliphatic heterocycles. The molecule has 0 bridgehead atoms. The highest BCUT2D eigenvalue weighted by atomic mass is 16.2. The summed E-state index contributed by atoms with van der Waals surface area (Å²) < 4.78 is 0. The van der Waals surface area contributed by atoms with Gasteiger partial charge in [-0.1, -0.05) is 6.08 Å². The molecular formula is C12H22N2O. The quantitative estimate of drug-likeness (QED) is 0.715. The summed E-state index contributed by atoms with van der Waals surface area (Å²) in [6.07, 6.45) is 4.56. The van der Waals surface area contributed by atoms with Crippen molar-refractivity contribution in [2.24, 2.45) is 11.7 Å². The minimum absolute atomic E-state index is 0.141.